The van der Waals surface area contributed by atoms with Crippen LogP contribution in [-0.4, -0.2) is 37.0 Å². The first kappa shape index (κ1) is 14.2. The number of anilines is 1. The van der Waals surface area contributed by atoms with E-state index in [1.54, 1.807) is 0 Å². The molecule has 4 heteroatoms. The van der Waals surface area contributed by atoms with Crippen LogP contribution >= 0.6 is 0 Å². The van der Waals surface area contributed by atoms with Gasteiger partial charge in [0.05, 0.1) is 11.3 Å². The molecule has 0 aromatic heterocycles. The van der Waals surface area contributed by atoms with Gasteiger partial charge in [0.2, 0.25) is 0 Å². The van der Waals surface area contributed by atoms with E-state index in [-0.39, 0.29) is 5.91 Å². The van der Waals surface area contributed by atoms with Crippen molar-refractivity contribution in [2.75, 3.05) is 25.5 Å². The number of benzene rings is 1. The molecule has 114 valence electrons. The van der Waals surface area contributed by atoms with Gasteiger partial charge in [0, 0.05) is 19.6 Å². The predicted molar refractivity (Wildman–Crippen MR) is 84.0 cm³/mol. The number of rotatable bonds is 2. The van der Waals surface area contributed by atoms with Crippen LogP contribution in [0, 0.1) is 0 Å². The Labute approximate surface area is 126 Å². The number of carbonyl (C=O) groups is 1. The highest BCUT2D eigenvalue weighted by Gasteiger charge is 2.26. The molecule has 4 nitrogen and oxygen atoms in total. The van der Waals surface area contributed by atoms with Crippen molar-refractivity contribution in [3.05, 3.63) is 23.8 Å². The minimum atomic E-state index is 0.0856. The highest BCUT2D eigenvalue weighted by Crippen LogP contribution is 2.33. The summed E-state index contributed by atoms with van der Waals surface area (Å²) in [7, 11) is 1.94. The standard InChI is InChI=1S/C17H24N2O2/c1-19(13-7-4-2-3-5-8-13)17(20)14-9-6-10-15-16(14)21-12-11-18-15/h6,9-10,13,18H,2-5,7-8,11-12H2,1H3. The van der Waals surface area contributed by atoms with Crippen LogP contribution in [-0.2, 0) is 0 Å². The molecule has 0 unspecified atom stereocenters. The third-order valence-electron chi connectivity index (χ3n) is 4.60. The number of para-hydroxylation sites is 1. The van der Waals surface area contributed by atoms with Crippen LogP contribution in [0.4, 0.5) is 5.69 Å². The third kappa shape index (κ3) is 2.99. The summed E-state index contributed by atoms with van der Waals surface area (Å²) in [4.78, 5) is 14.8. The molecule has 1 saturated carbocycles. The van der Waals surface area contributed by atoms with Crippen molar-refractivity contribution in [1.82, 2.24) is 4.90 Å². The summed E-state index contributed by atoms with van der Waals surface area (Å²) in [6.45, 7) is 1.41. The molecule has 1 N–H and O–H groups in total. The van der Waals surface area contributed by atoms with E-state index in [9.17, 15) is 4.79 Å². The van der Waals surface area contributed by atoms with Gasteiger partial charge in [0.25, 0.3) is 5.91 Å². The molecule has 1 aliphatic carbocycles. The van der Waals surface area contributed by atoms with Crippen molar-refractivity contribution in [2.45, 2.75) is 44.6 Å². The molecule has 3 rings (SSSR count). The minimum Gasteiger partial charge on any atom is -0.489 e. The van der Waals surface area contributed by atoms with Crippen LogP contribution in [0.2, 0.25) is 0 Å². The van der Waals surface area contributed by atoms with Crippen LogP contribution < -0.4 is 10.1 Å². The Kier molecular flexibility index (Phi) is 4.32. The number of amides is 1. The van der Waals surface area contributed by atoms with E-state index in [0.717, 1.165) is 25.1 Å². The van der Waals surface area contributed by atoms with Gasteiger partial charge in [-0.05, 0) is 25.0 Å². The van der Waals surface area contributed by atoms with Crippen LogP contribution in [0.5, 0.6) is 5.75 Å². The van der Waals surface area contributed by atoms with E-state index >= 15 is 0 Å². The number of fused-ring (bicyclic) bond motifs is 1. The topological polar surface area (TPSA) is 41.6 Å². The zero-order valence-electron chi connectivity index (χ0n) is 12.7. The van der Waals surface area contributed by atoms with Gasteiger partial charge in [-0.15, -0.1) is 0 Å². The molecule has 0 atom stereocenters. The zero-order valence-corrected chi connectivity index (χ0v) is 12.7. The molecule has 0 saturated heterocycles. The molecule has 1 amide bonds. The molecule has 1 aromatic carbocycles. The van der Waals surface area contributed by atoms with Gasteiger partial charge in [0.15, 0.2) is 5.75 Å². The molecule has 0 spiro atoms. The van der Waals surface area contributed by atoms with Gasteiger partial charge >= 0.3 is 0 Å². The Balaban J connectivity index is 1.81. The lowest BCUT2D eigenvalue weighted by atomic mass is 10.1. The Morgan fingerprint density at radius 1 is 1.24 bits per heavy atom. The normalized spacial score (nSPS) is 18.9. The highest BCUT2D eigenvalue weighted by atomic mass is 16.5. The third-order valence-corrected chi connectivity index (χ3v) is 4.60. The molecular weight excluding hydrogens is 264 g/mol. The SMILES string of the molecule is CN(C(=O)c1cccc2c1OCCN2)C1CCCCCC1. The predicted octanol–water partition coefficient (Wildman–Crippen LogP) is 3.29. The monoisotopic (exact) mass is 288 g/mol. The molecule has 2 aliphatic rings. The summed E-state index contributed by atoms with van der Waals surface area (Å²) >= 11 is 0. The van der Waals surface area contributed by atoms with Crippen LogP contribution in [0.15, 0.2) is 18.2 Å². The summed E-state index contributed by atoms with van der Waals surface area (Å²) in [5, 5.41) is 3.29. The lowest BCUT2D eigenvalue weighted by molar-refractivity contribution is 0.0713. The van der Waals surface area contributed by atoms with Crippen LogP contribution in [0.1, 0.15) is 48.9 Å². The molecule has 1 aromatic rings. The average molecular weight is 288 g/mol. The first-order chi connectivity index (χ1) is 10.3. The zero-order chi connectivity index (χ0) is 14.7. The molecule has 1 aliphatic heterocycles. The van der Waals surface area contributed by atoms with Crippen molar-refractivity contribution in [3.63, 3.8) is 0 Å². The van der Waals surface area contributed by atoms with E-state index in [2.05, 4.69) is 5.32 Å². The molecule has 0 bridgehead atoms. The Hall–Kier alpha value is -1.71. The fraction of sp³-hybridized carbons (Fsp3) is 0.588. The lowest BCUT2D eigenvalue weighted by Crippen LogP contribution is -2.37. The second-order valence-corrected chi connectivity index (χ2v) is 6.02. The number of carbonyl (C=O) groups excluding carboxylic acids is 1. The van der Waals surface area contributed by atoms with Gasteiger partial charge in [-0.2, -0.15) is 0 Å². The lowest BCUT2D eigenvalue weighted by Gasteiger charge is -2.29. The molecular formula is C17H24N2O2. The number of ether oxygens (including phenoxy) is 1. The molecule has 1 heterocycles. The molecule has 0 radical (unpaired) electrons. The quantitative estimate of drug-likeness (QED) is 0.849. The van der Waals surface area contributed by atoms with Gasteiger partial charge in [-0.3, -0.25) is 4.79 Å². The second-order valence-electron chi connectivity index (χ2n) is 6.02. The Bertz CT molecular complexity index is 508. The smallest absolute Gasteiger partial charge is 0.257 e. The maximum atomic E-state index is 12.8. The number of hydrogen-bond acceptors (Lipinski definition) is 3. The number of nitrogens with one attached hydrogen (secondary N) is 1. The van der Waals surface area contributed by atoms with Gasteiger partial charge in [-0.25, -0.2) is 0 Å². The number of hydrogen-bond donors (Lipinski definition) is 1. The van der Waals surface area contributed by atoms with Crippen molar-refractivity contribution in [1.29, 1.82) is 0 Å². The molecule has 1 fully saturated rings. The van der Waals surface area contributed by atoms with E-state index < -0.39 is 0 Å². The maximum absolute atomic E-state index is 12.8. The van der Waals surface area contributed by atoms with Gasteiger partial charge < -0.3 is 15.0 Å². The summed E-state index contributed by atoms with van der Waals surface area (Å²) in [5.74, 6) is 0.802. The minimum absolute atomic E-state index is 0.0856. The summed E-state index contributed by atoms with van der Waals surface area (Å²) in [6, 6.07) is 6.14. The van der Waals surface area contributed by atoms with Crippen molar-refractivity contribution < 1.29 is 9.53 Å². The summed E-state index contributed by atoms with van der Waals surface area (Å²) < 4.78 is 5.73. The Morgan fingerprint density at radius 3 is 2.76 bits per heavy atom. The summed E-state index contributed by atoms with van der Waals surface area (Å²) in [5.41, 5.74) is 1.62. The second kappa shape index (κ2) is 6.37. The highest BCUT2D eigenvalue weighted by molar-refractivity contribution is 5.99. The average Bonchev–Trinajstić information content (AvgIpc) is 2.82. The van der Waals surface area contributed by atoms with Gasteiger partial charge in [0.1, 0.15) is 6.61 Å². The van der Waals surface area contributed by atoms with E-state index in [1.807, 2.05) is 30.1 Å². The Morgan fingerprint density at radius 2 is 2.00 bits per heavy atom. The maximum Gasteiger partial charge on any atom is 0.257 e. The molecule has 21 heavy (non-hydrogen) atoms. The van der Waals surface area contributed by atoms with Gasteiger partial charge in [-0.1, -0.05) is 31.7 Å². The van der Waals surface area contributed by atoms with Crippen molar-refractivity contribution in [3.8, 4) is 5.75 Å². The van der Waals surface area contributed by atoms with Crippen molar-refractivity contribution in [2.24, 2.45) is 0 Å². The number of nitrogens with zero attached hydrogens (tertiary/aromatic N) is 1. The van der Waals surface area contributed by atoms with Crippen molar-refractivity contribution >= 4 is 11.6 Å². The first-order valence-electron chi connectivity index (χ1n) is 8.04. The van der Waals surface area contributed by atoms with E-state index in [4.69, 9.17) is 4.74 Å². The van der Waals surface area contributed by atoms with E-state index in [1.165, 1.54) is 25.7 Å². The first-order valence-corrected chi connectivity index (χ1v) is 8.04. The van der Waals surface area contributed by atoms with E-state index in [0.29, 0.717) is 24.0 Å². The summed E-state index contributed by atoms with van der Waals surface area (Å²) in [6.07, 6.45) is 7.30. The van der Waals surface area contributed by atoms with Crippen LogP contribution in [0.25, 0.3) is 0 Å². The fourth-order valence-electron chi connectivity index (χ4n) is 3.34. The largest absolute Gasteiger partial charge is 0.489 e. The fourth-order valence-corrected chi connectivity index (χ4v) is 3.34. The van der Waals surface area contributed by atoms with Crippen LogP contribution in [0.3, 0.4) is 0 Å².